The van der Waals surface area contributed by atoms with Gasteiger partial charge in [-0.25, -0.2) is 4.79 Å². The summed E-state index contributed by atoms with van der Waals surface area (Å²) in [6.07, 6.45) is -0.725. The van der Waals surface area contributed by atoms with Gasteiger partial charge in [0.25, 0.3) is 0 Å². The molecule has 18 nitrogen and oxygen atoms in total. The molecule has 18 heteroatoms. The number of unbranched alkanes of at least 4 members (excludes halogenated alkanes) is 1. The second-order valence-corrected chi connectivity index (χ2v) is 16.0. The lowest BCUT2D eigenvalue weighted by Crippen LogP contribution is -2.62. The number of rotatable bonds is 24. The highest BCUT2D eigenvalue weighted by atomic mass is 16.4. The summed E-state index contributed by atoms with van der Waals surface area (Å²) in [4.78, 5) is 94.5. The highest BCUT2D eigenvalue weighted by Crippen LogP contribution is 2.20. The molecule has 1 aromatic rings. The van der Waals surface area contributed by atoms with Gasteiger partial charge in [-0.3, -0.25) is 28.8 Å². The molecule has 1 heterocycles. The molecule has 6 amide bonds. The number of nitrogens with one attached hydrogen (secondary N) is 5. The summed E-state index contributed by atoms with van der Waals surface area (Å²) >= 11 is 0. The molecule has 0 radical (unpaired) electrons. The number of aliphatic hydroxyl groups is 2. The number of nitrogens with two attached hydrogens (primary N) is 2. The third-order valence-corrected chi connectivity index (χ3v) is 9.82. The van der Waals surface area contributed by atoms with Crippen LogP contribution in [0.5, 0.6) is 0 Å². The Labute approximate surface area is 341 Å². The van der Waals surface area contributed by atoms with E-state index in [1.54, 1.807) is 44.2 Å². The maximum atomic E-state index is 13.8. The molecule has 0 aromatic heterocycles. The molecule has 0 saturated carbocycles. The summed E-state index contributed by atoms with van der Waals surface area (Å²) < 4.78 is 0. The predicted molar refractivity (Wildman–Crippen MR) is 215 cm³/mol. The van der Waals surface area contributed by atoms with Gasteiger partial charge in [0.2, 0.25) is 35.4 Å². The van der Waals surface area contributed by atoms with Crippen molar-refractivity contribution in [2.45, 2.75) is 147 Å². The Bertz CT molecular complexity index is 1530. The summed E-state index contributed by atoms with van der Waals surface area (Å²) in [7, 11) is 0. The number of hydrogen-bond acceptors (Lipinski definition) is 11. The number of carboxylic acid groups (broad SMARTS) is 1. The van der Waals surface area contributed by atoms with Gasteiger partial charge >= 0.3 is 5.97 Å². The zero-order chi connectivity index (χ0) is 43.7. The first-order chi connectivity index (χ1) is 27.3. The average Bonchev–Trinajstić information content (AvgIpc) is 3.64. The number of carboxylic acids is 1. The number of carbonyl (C=O) groups excluding carboxylic acids is 6. The van der Waals surface area contributed by atoms with E-state index in [2.05, 4.69) is 26.6 Å². The van der Waals surface area contributed by atoms with Crippen LogP contribution in [0.3, 0.4) is 0 Å². The topological polar surface area (TPSA) is 296 Å². The van der Waals surface area contributed by atoms with E-state index in [0.29, 0.717) is 44.2 Å². The monoisotopic (exact) mass is 818 g/mol. The minimum absolute atomic E-state index is 0.0146. The Morgan fingerprint density at radius 2 is 1.26 bits per heavy atom. The lowest BCUT2D eigenvalue weighted by molar-refractivity contribution is -0.142. The fourth-order valence-corrected chi connectivity index (χ4v) is 6.75. The largest absolute Gasteiger partial charge is 0.480 e. The molecule has 326 valence electrons. The Balaban J connectivity index is 2.24. The quantitative estimate of drug-likeness (QED) is 0.0565. The van der Waals surface area contributed by atoms with Gasteiger partial charge in [0.15, 0.2) is 0 Å². The van der Waals surface area contributed by atoms with Crippen LogP contribution >= 0.6 is 0 Å². The van der Waals surface area contributed by atoms with E-state index < -0.39 is 90.0 Å². The van der Waals surface area contributed by atoms with E-state index in [0.717, 1.165) is 0 Å². The van der Waals surface area contributed by atoms with Crippen LogP contribution in [0.1, 0.15) is 92.1 Å². The SMILES string of the molecule is CC(C)C[C@H](NC(=O)[C@@H](NC(=O)[C@H](CCCCN)NC(=O)[C@@H](NC(=O)[C@@H]1CCCN1C(=O)[C@@H](N)CC(C)C)[C@@H](C)O)[C@@H](C)O)C(=O)N[C@@H](Cc1ccccc1)C(=O)O. The van der Waals surface area contributed by atoms with Crippen LogP contribution in [0.15, 0.2) is 30.3 Å². The maximum Gasteiger partial charge on any atom is 0.326 e. The van der Waals surface area contributed by atoms with Crippen LogP contribution in [-0.4, -0.2) is 129 Å². The molecule has 58 heavy (non-hydrogen) atoms. The number of hydrogen-bond donors (Lipinski definition) is 10. The fourth-order valence-electron chi connectivity index (χ4n) is 6.75. The van der Waals surface area contributed by atoms with Gasteiger partial charge in [0.05, 0.1) is 18.2 Å². The third kappa shape index (κ3) is 15.9. The molecule has 0 spiro atoms. The normalized spacial score (nSPS) is 18.2. The van der Waals surface area contributed by atoms with Crippen molar-refractivity contribution in [1.82, 2.24) is 31.5 Å². The zero-order valence-electron chi connectivity index (χ0n) is 34.6. The molecule has 0 bridgehead atoms. The van der Waals surface area contributed by atoms with Crippen molar-refractivity contribution in [3.63, 3.8) is 0 Å². The Morgan fingerprint density at radius 1 is 0.724 bits per heavy atom. The molecule has 12 N–H and O–H groups in total. The summed E-state index contributed by atoms with van der Waals surface area (Å²) in [5.74, 6) is -5.85. The van der Waals surface area contributed by atoms with E-state index in [-0.39, 0.29) is 43.6 Å². The maximum absolute atomic E-state index is 13.8. The van der Waals surface area contributed by atoms with Gasteiger partial charge in [0.1, 0.15) is 36.3 Å². The van der Waals surface area contributed by atoms with E-state index in [1.807, 2.05) is 13.8 Å². The number of benzene rings is 1. The molecular weight excluding hydrogens is 752 g/mol. The average molecular weight is 819 g/mol. The first-order valence-electron chi connectivity index (χ1n) is 20.2. The van der Waals surface area contributed by atoms with Gasteiger partial charge < -0.3 is 58.3 Å². The summed E-state index contributed by atoms with van der Waals surface area (Å²) in [5.41, 5.74) is 12.5. The second kappa shape index (κ2) is 24.3. The fraction of sp³-hybridized carbons (Fsp3) is 0.675. The molecule has 2 rings (SSSR count). The van der Waals surface area contributed by atoms with Crippen LogP contribution in [0.25, 0.3) is 0 Å². The Hall–Kier alpha value is -4.65. The van der Waals surface area contributed by atoms with Crippen molar-refractivity contribution in [2.24, 2.45) is 23.3 Å². The van der Waals surface area contributed by atoms with Crippen molar-refractivity contribution in [3.05, 3.63) is 35.9 Å². The van der Waals surface area contributed by atoms with E-state index in [1.165, 1.54) is 18.7 Å². The van der Waals surface area contributed by atoms with E-state index in [9.17, 15) is 48.9 Å². The molecule has 1 aliphatic rings. The van der Waals surface area contributed by atoms with Crippen molar-refractivity contribution in [1.29, 1.82) is 0 Å². The van der Waals surface area contributed by atoms with Crippen LogP contribution in [0.4, 0.5) is 0 Å². The number of amides is 6. The van der Waals surface area contributed by atoms with Crippen LogP contribution in [-0.2, 0) is 40.0 Å². The predicted octanol–water partition coefficient (Wildman–Crippen LogP) is -0.961. The summed E-state index contributed by atoms with van der Waals surface area (Å²) in [6, 6.07) is -0.0836. The van der Waals surface area contributed by atoms with Crippen LogP contribution < -0.4 is 38.1 Å². The van der Waals surface area contributed by atoms with Crippen LogP contribution in [0.2, 0.25) is 0 Å². The van der Waals surface area contributed by atoms with Gasteiger partial charge in [-0.2, -0.15) is 0 Å². The van der Waals surface area contributed by atoms with E-state index in [4.69, 9.17) is 11.5 Å². The zero-order valence-corrected chi connectivity index (χ0v) is 34.6. The number of nitrogens with zero attached hydrogens (tertiary/aromatic N) is 1. The Morgan fingerprint density at radius 3 is 1.79 bits per heavy atom. The van der Waals surface area contributed by atoms with Gasteiger partial charge in [-0.05, 0) is 82.7 Å². The molecule has 1 aliphatic heterocycles. The molecule has 0 unspecified atom stereocenters. The number of aliphatic carboxylic acids is 1. The van der Waals surface area contributed by atoms with Crippen molar-refractivity contribution < 1.29 is 48.9 Å². The number of carbonyl (C=O) groups is 7. The molecule has 1 fully saturated rings. The third-order valence-electron chi connectivity index (χ3n) is 9.82. The highest BCUT2D eigenvalue weighted by Gasteiger charge is 2.40. The molecule has 1 aromatic carbocycles. The molecule has 1 saturated heterocycles. The minimum Gasteiger partial charge on any atom is -0.480 e. The smallest absolute Gasteiger partial charge is 0.326 e. The summed E-state index contributed by atoms with van der Waals surface area (Å²) in [6.45, 7) is 10.5. The molecule has 0 aliphatic carbocycles. The van der Waals surface area contributed by atoms with Crippen LogP contribution in [0, 0.1) is 11.8 Å². The van der Waals surface area contributed by atoms with Crippen molar-refractivity contribution in [3.8, 4) is 0 Å². The first kappa shape index (κ1) is 49.5. The molecular formula is C40H66N8O10. The lowest BCUT2D eigenvalue weighted by atomic mass is 10.0. The summed E-state index contributed by atoms with van der Waals surface area (Å²) in [5, 5.41) is 43.7. The second-order valence-electron chi connectivity index (χ2n) is 16.0. The number of likely N-dealkylation sites (tertiary alicyclic amines) is 1. The molecule has 9 atom stereocenters. The minimum atomic E-state index is -1.62. The van der Waals surface area contributed by atoms with Gasteiger partial charge in [-0.15, -0.1) is 0 Å². The first-order valence-corrected chi connectivity index (χ1v) is 20.2. The Kier molecular flexibility index (Phi) is 20.7. The van der Waals surface area contributed by atoms with Gasteiger partial charge in [0, 0.05) is 13.0 Å². The highest BCUT2D eigenvalue weighted by molar-refractivity contribution is 5.97. The van der Waals surface area contributed by atoms with E-state index >= 15 is 0 Å². The van der Waals surface area contributed by atoms with Crippen molar-refractivity contribution in [2.75, 3.05) is 13.1 Å². The van der Waals surface area contributed by atoms with Crippen molar-refractivity contribution >= 4 is 41.4 Å². The number of aliphatic hydroxyl groups excluding tert-OH is 2. The van der Waals surface area contributed by atoms with Gasteiger partial charge in [-0.1, -0.05) is 58.0 Å². The standard InChI is InChI=1S/C40H66N8O10/c1-22(2)19-27(42)39(56)48-18-12-16-31(48)36(53)47-33(25(6)50)37(54)43-28(15-10-11-17-41)34(51)46-32(24(5)49)38(55)44-29(20-23(3)4)35(52)45-30(40(57)58)21-26-13-8-7-9-14-26/h7-9,13-14,22-25,27-33,49-50H,10-12,15-21,41-42H2,1-6H3,(H,43,54)(H,44,55)(H,45,52)(H,46,51)(H,47,53)(H,57,58)/t24-,25-,27+,28+,29+,30+,31+,32+,33+/m1/s1. The lowest BCUT2D eigenvalue weighted by Gasteiger charge is -2.30.